The zero-order valence-corrected chi connectivity index (χ0v) is 15.5. The van der Waals surface area contributed by atoms with Gasteiger partial charge in [-0.05, 0) is 52.7 Å². The number of likely N-dealkylation sites (tertiary alicyclic amines) is 1. The molecule has 0 radical (unpaired) electrons. The molecular weight excluding hydrogens is 320 g/mol. The first kappa shape index (κ1) is 19.0. The Bertz CT molecular complexity index is 587. The maximum atomic E-state index is 12.1. The van der Waals surface area contributed by atoms with Crippen LogP contribution >= 0.6 is 0 Å². The Kier molecular flexibility index (Phi) is 6.22. The Balaban J connectivity index is 1.84. The molecule has 2 heterocycles. The average Bonchev–Trinajstić information content (AvgIpc) is 2.55. The Morgan fingerprint density at radius 1 is 1.28 bits per heavy atom. The van der Waals surface area contributed by atoms with Crippen molar-refractivity contribution in [1.82, 2.24) is 15.2 Å². The van der Waals surface area contributed by atoms with Gasteiger partial charge in [-0.15, -0.1) is 0 Å². The second-order valence-electron chi connectivity index (χ2n) is 7.24. The molecule has 1 aromatic heterocycles. The van der Waals surface area contributed by atoms with Gasteiger partial charge in [-0.1, -0.05) is 0 Å². The number of piperidine rings is 1. The molecule has 2 rings (SSSR count). The zero-order chi connectivity index (χ0) is 18.4. The molecule has 0 spiro atoms. The van der Waals surface area contributed by atoms with Gasteiger partial charge in [-0.3, -0.25) is 4.79 Å². The van der Waals surface area contributed by atoms with Crippen LogP contribution < -0.4 is 10.6 Å². The van der Waals surface area contributed by atoms with Gasteiger partial charge < -0.3 is 20.3 Å². The summed E-state index contributed by atoms with van der Waals surface area (Å²) in [6.07, 6.45) is 3.14. The van der Waals surface area contributed by atoms with E-state index in [0.29, 0.717) is 25.4 Å². The number of hydrogen-bond donors (Lipinski definition) is 2. The first-order valence-electron chi connectivity index (χ1n) is 8.75. The van der Waals surface area contributed by atoms with Crippen LogP contribution in [0.2, 0.25) is 0 Å². The van der Waals surface area contributed by atoms with Gasteiger partial charge in [-0.2, -0.15) is 0 Å². The smallest absolute Gasteiger partial charge is 0.409 e. The second kappa shape index (κ2) is 8.18. The first-order valence-corrected chi connectivity index (χ1v) is 8.75. The Morgan fingerprint density at radius 3 is 2.48 bits per heavy atom. The van der Waals surface area contributed by atoms with Crippen molar-refractivity contribution in [3.05, 3.63) is 24.0 Å². The summed E-state index contributed by atoms with van der Waals surface area (Å²) >= 11 is 0. The van der Waals surface area contributed by atoms with Crippen LogP contribution in [-0.2, 0) is 4.74 Å². The molecule has 0 saturated carbocycles. The summed E-state index contributed by atoms with van der Waals surface area (Å²) in [5.74, 6) is -0.179. The van der Waals surface area contributed by atoms with Crippen molar-refractivity contribution in [2.75, 3.05) is 25.0 Å². The molecule has 0 bridgehead atoms. The van der Waals surface area contributed by atoms with Gasteiger partial charge in [-0.25, -0.2) is 9.78 Å². The minimum atomic E-state index is -0.289. The number of hydrogen-bond acceptors (Lipinski definition) is 5. The molecule has 0 atom stereocenters. The topological polar surface area (TPSA) is 83.6 Å². The highest BCUT2D eigenvalue weighted by molar-refractivity contribution is 5.92. The third kappa shape index (κ3) is 5.92. The number of nitrogens with zero attached hydrogens (tertiary/aromatic N) is 2. The number of ether oxygens (including phenoxy) is 1. The molecule has 0 aliphatic carbocycles. The fourth-order valence-electron chi connectivity index (χ4n) is 2.68. The molecule has 2 N–H and O–H groups in total. The van der Waals surface area contributed by atoms with Crippen molar-refractivity contribution in [2.45, 2.75) is 52.1 Å². The molecule has 1 aliphatic heterocycles. The fourth-order valence-corrected chi connectivity index (χ4v) is 2.68. The molecule has 1 fully saturated rings. The van der Waals surface area contributed by atoms with Crippen LogP contribution in [-0.4, -0.2) is 53.2 Å². The van der Waals surface area contributed by atoms with Crippen LogP contribution in [0.4, 0.5) is 10.5 Å². The minimum Gasteiger partial charge on any atom is -0.450 e. The summed E-state index contributed by atoms with van der Waals surface area (Å²) in [6, 6.07) is 3.86. The van der Waals surface area contributed by atoms with Crippen LogP contribution in [0.3, 0.4) is 0 Å². The lowest BCUT2D eigenvalue weighted by molar-refractivity contribution is 0.0913. The van der Waals surface area contributed by atoms with Gasteiger partial charge in [0.25, 0.3) is 5.91 Å². The SMILES string of the molecule is CCOC(=O)N1CCC(Nc2ccc(C(=O)NC(C)(C)C)nc2)CC1. The monoisotopic (exact) mass is 348 g/mol. The Morgan fingerprint density at radius 2 is 1.96 bits per heavy atom. The van der Waals surface area contributed by atoms with Crippen molar-refractivity contribution in [2.24, 2.45) is 0 Å². The quantitative estimate of drug-likeness (QED) is 0.874. The highest BCUT2D eigenvalue weighted by Gasteiger charge is 2.23. The lowest BCUT2D eigenvalue weighted by atomic mass is 10.1. The van der Waals surface area contributed by atoms with E-state index in [1.54, 1.807) is 17.2 Å². The van der Waals surface area contributed by atoms with Gasteiger partial charge in [0.2, 0.25) is 0 Å². The zero-order valence-electron chi connectivity index (χ0n) is 15.5. The largest absolute Gasteiger partial charge is 0.450 e. The number of carbonyl (C=O) groups excluding carboxylic acids is 2. The fraction of sp³-hybridized carbons (Fsp3) is 0.611. The van der Waals surface area contributed by atoms with Gasteiger partial charge >= 0.3 is 6.09 Å². The third-order valence-electron chi connectivity index (χ3n) is 3.88. The van der Waals surface area contributed by atoms with Crippen molar-refractivity contribution in [3.8, 4) is 0 Å². The molecule has 7 heteroatoms. The van der Waals surface area contributed by atoms with Gasteiger partial charge in [0, 0.05) is 24.7 Å². The molecule has 138 valence electrons. The van der Waals surface area contributed by atoms with Crippen LogP contribution in [0.25, 0.3) is 0 Å². The van der Waals surface area contributed by atoms with E-state index >= 15 is 0 Å². The molecule has 0 unspecified atom stereocenters. The molecule has 25 heavy (non-hydrogen) atoms. The van der Waals surface area contributed by atoms with Crippen LogP contribution in [0.5, 0.6) is 0 Å². The van der Waals surface area contributed by atoms with Crippen molar-refractivity contribution in [1.29, 1.82) is 0 Å². The number of nitrogens with one attached hydrogen (secondary N) is 2. The van der Waals surface area contributed by atoms with Gasteiger partial charge in [0.05, 0.1) is 18.5 Å². The van der Waals surface area contributed by atoms with E-state index in [1.807, 2.05) is 33.8 Å². The summed E-state index contributed by atoms with van der Waals surface area (Å²) in [5.41, 5.74) is 0.988. The third-order valence-corrected chi connectivity index (χ3v) is 3.88. The molecule has 0 aromatic carbocycles. The number of carbonyl (C=O) groups is 2. The number of amides is 2. The van der Waals surface area contributed by atoms with E-state index in [-0.39, 0.29) is 23.6 Å². The van der Waals surface area contributed by atoms with Crippen LogP contribution in [0.1, 0.15) is 51.0 Å². The summed E-state index contributed by atoms with van der Waals surface area (Å²) in [7, 11) is 0. The Labute approximate surface area is 149 Å². The van der Waals surface area contributed by atoms with Gasteiger partial charge in [0.15, 0.2) is 0 Å². The number of aromatic nitrogens is 1. The van der Waals surface area contributed by atoms with Gasteiger partial charge in [0.1, 0.15) is 5.69 Å². The normalized spacial score (nSPS) is 15.6. The molecule has 1 saturated heterocycles. The molecule has 1 aromatic rings. The van der Waals surface area contributed by atoms with Crippen molar-refractivity contribution >= 4 is 17.7 Å². The predicted molar refractivity (Wildman–Crippen MR) is 96.7 cm³/mol. The number of rotatable bonds is 4. The second-order valence-corrected chi connectivity index (χ2v) is 7.24. The van der Waals surface area contributed by atoms with E-state index in [9.17, 15) is 9.59 Å². The van der Waals surface area contributed by atoms with Crippen LogP contribution in [0, 0.1) is 0 Å². The maximum absolute atomic E-state index is 12.1. The standard InChI is InChI=1S/C18H28N4O3/c1-5-25-17(24)22-10-8-13(9-11-22)20-14-6-7-15(19-12-14)16(23)21-18(2,3)4/h6-7,12-13,20H,5,8-11H2,1-4H3,(H,21,23). The molecule has 2 amide bonds. The summed E-state index contributed by atoms with van der Waals surface area (Å²) in [6.45, 7) is 9.37. The lowest BCUT2D eigenvalue weighted by Gasteiger charge is -2.32. The summed E-state index contributed by atoms with van der Waals surface area (Å²) in [5, 5.41) is 6.30. The molecule has 1 aliphatic rings. The number of anilines is 1. The highest BCUT2D eigenvalue weighted by atomic mass is 16.6. The first-order chi connectivity index (χ1) is 11.8. The van der Waals surface area contributed by atoms with Crippen molar-refractivity contribution < 1.29 is 14.3 Å². The van der Waals surface area contributed by atoms with E-state index in [4.69, 9.17) is 4.74 Å². The van der Waals surface area contributed by atoms with Crippen LogP contribution in [0.15, 0.2) is 18.3 Å². The lowest BCUT2D eigenvalue weighted by Crippen LogP contribution is -2.42. The van der Waals surface area contributed by atoms with E-state index in [2.05, 4.69) is 15.6 Å². The predicted octanol–water partition coefficient (Wildman–Crippen LogP) is 2.64. The van der Waals surface area contributed by atoms with E-state index < -0.39 is 0 Å². The molecular formula is C18H28N4O3. The Hall–Kier alpha value is -2.31. The maximum Gasteiger partial charge on any atom is 0.409 e. The highest BCUT2D eigenvalue weighted by Crippen LogP contribution is 2.17. The average molecular weight is 348 g/mol. The summed E-state index contributed by atoms with van der Waals surface area (Å²) < 4.78 is 5.02. The number of pyridine rings is 1. The minimum absolute atomic E-state index is 0.179. The van der Waals surface area contributed by atoms with E-state index in [1.165, 1.54) is 0 Å². The van der Waals surface area contributed by atoms with E-state index in [0.717, 1.165) is 18.5 Å². The van der Waals surface area contributed by atoms with Crippen molar-refractivity contribution in [3.63, 3.8) is 0 Å². The molecule has 7 nitrogen and oxygen atoms in total. The summed E-state index contributed by atoms with van der Waals surface area (Å²) in [4.78, 5) is 29.7.